The maximum absolute atomic E-state index is 9.16. The van der Waals surface area contributed by atoms with Crippen LogP contribution in [0.2, 0.25) is 0 Å². The van der Waals surface area contributed by atoms with Crippen molar-refractivity contribution in [3.8, 4) is 0 Å². The fourth-order valence-corrected chi connectivity index (χ4v) is 0.731. The zero-order valence-corrected chi connectivity index (χ0v) is 11.1. The Morgan fingerprint density at radius 2 is 1.73 bits per heavy atom. The summed E-state index contributed by atoms with van der Waals surface area (Å²) in [5.74, 6) is 5.31. The standard InChI is InChI=1S/C7H17N3O.2C2H6/c1-3-7(11)4-6(8)5-10(2)9;2*1-2/h5,7,11H,3-4,8-9H2,1-2H3;2*1-2H3/b6-5-;;. The van der Waals surface area contributed by atoms with Gasteiger partial charge in [0.2, 0.25) is 0 Å². The van der Waals surface area contributed by atoms with Crippen LogP contribution in [-0.2, 0) is 0 Å². The molecule has 0 aromatic heterocycles. The Morgan fingerprint density at radius 3 is 2.00 bits per heavy atom. The summed E-state index contributed by atoms with van der Waals surface area (Å²) in [5.41, 5.74) is 6.13. The highest BCUT2D eigenvalue weighted by molar-refractivity contribution is 4.95. The lowest BCUT2D eigenvalue weighted by Crippen LogP contribution is -2.22. The van der Waals surface area contributed by atoms with E-state index in [9.17, 15) is 0 Å². The van der Waals surface area contributed by atoms with Gasteiger partial charge in [-0.1, -0.05) is 34.6 Å². The Hall–Kier alpha value is -0.740. The van der Waals surface area contributed by atoms with Gasteiger partial charge in [-0.3, -0.25) is 0 Å². The van der Waals surface area contributed by atoms with Gasteiger partial charge in [0.05, 0.1) is 6.10 Å². The molecule has 0 fully saturated rings. The van der Waals surface area contributed by atoms with E-state index in [1.54, 1.807) is 13.2 Å². The van der Waals surface area contributed by atoms with Gasteiger partial charge in [0.25, 0.3) is 0 Å². The summed E-state index contributed by atoms with van der Waals surface area (Å²) < 4.78 is 0. The maximum Gasteiger partial charge on any atom is 0.0592 e. The molecule has 1 unspecified atom stereocenters. The van der Waals surface area contributed by atoms with E-state index in [0.29, 0.717) is 18.5 Å². The summed E-state index contributed by atoms with van der Waals surface area (Å²) in [4.78, 5) is 0. The second-order valence-electron chi connectivity index (χ2n) is 2.64. The largest absolute Gasteiger partial charge is 0.401 e. The zero-order chi connectivity index (χ0) is 12.9. The summed E-state index contributed by atoms with van der Waals surface area (Å²) in [6.45, 7) is 9.91. The second kappa shape index (κ2) is 15.7. The molecule has 0 aliphatic carbocycles. The van der Waals surface area contributed by atoms with Crippen molar-refractivity contribution in [3.63, 3.8) is 0 Å². The van der Waals surface area contributed by atoms with Gasteiger partial charge in [-0.15, -0.1) is 0 Å². The highest BCUT2D eigenvalue weighted by Gasteiger charge is 2.01. The van der Waals surface area contributed by atoms with E-state index >= 15 is 0 Å². The minimum Gasteiger partial charge on any atom is -0.401 e. The molecule has 4 nitrogen and oxygen atoms in total. The van der Waals surface area contributed by atoms with Crippen LogP contribution in [-0.4, -0.2) is 23.3 Å². The fraction of sp³-hybridized carbons (Fsp3) is 0.818. The SMILES string of the molecule is CC.CC.CCC(O)C/C(N)=C/N(C)N. The lowest BCUT2D eigenvalue weighted by Gasteiger charge is -2.10. The molecule has 0 aromatic rings. The maximum atomic E-state index is 9.16. The molecular weight excluding hydrogens is 190 g/mol. The normalized spacial score (nSPS) is 11.6. The summed E-state index contributed by atoms with van der Waals surface area (Å²) in [6, 6.07) is 0. The molecule has 0 aliphatic heterocycles. The average Bonchev–Trinajstić information content (AvgIpc) is 2.22. The third-order valence-electron chi connectivity index (χ3n) is 1.31. The van der Waals surface area contributed by atoms with E-state index in [-0.39, 0.29) is 6.10 Å². The molecule has 0 rings (SSSR count). The Kier molecular flexibility index (Phi) is 20.7. The van der Waals surface area contributed by atoms with Crippen molar-refractivity contribution >= 4 is 0 Å². The molecule has 0 heterocycles. The van der Waals surface area contributed by atoms with E-state index in [4.69, 9.17) is 16.7 Å². The van der Waals surface area contributed by atoms with E-state index < -0.39 is 0 Å². The number of rotatable bonds is 4. The predicted octanol–water partition coefficient (Wildman–Crippen LogP) is 1.81. The molecule has 15 heavy (non-hydrogen) atoms. The summed E-state index contributed by atoms with van der Waals surface area (Å²) in [5, 5.41) is 10.5. The number of hydrogen-bond donors (Lipinski definition) is 3. The monoisotopic (exact) mass is 219 g/mol. The Morgan fingerprint density at radius 1 is 1.33 bits per heavy atom. The minimum atomic E-state index is -0.355. The van der Waals surface area contributed by atoms with Gasteiger partial charge >= 0.3 is 0 Å². The molecule has 0 saturated carbocycles. The van der Waals surface area contributed by atoms with Crippen LogP contribution in [0.5, 0.6) is 0 Å². The summed E-state index contributed by atoms with van der Waals surface area (Å²) in [6.07, 6.45) is 2.44. The van der Waals surface area contributed by atoms with Crippen LogP contribution in [0, 0.1) is 0 Å². The van der Waals surface area contributed by atoms with Crippen LogP contribution < -0.4 is 11.6 Å². The second-order valence-corrected chi connectivity index (χ2v) is 2.64. The van der Waals surface area contributed by atoms with Crippen molar-refractivity contribution in [2.24, 2.45) is 11.6 Å². The van der Waals surface area contributed by atoms with E-state index in [1.165, 1.54) is 5.01 Å². The molecule has 5 N–H and O–H groups in total. The minimum absolute atomic E-state index is 0.355. The first-order valence-electron chi connectivity index (χ1n) is 5.68. The first kappa shape index (κ1) is 19.8. The average molecular weight is 219 g/mol. The highest BCUT2D eigenvalue weighted by Crippen LogP contribution is 2.02. The molecule has 4 heteroatoms. The molecule has 0 aliphatic rings. The van der Waals surface area contributed by atoms with Crippen LogP contribution in [0.15, 0.2) is 11.9 Å². The number of hydrazine groups is 1. The third-order valence-corrected chi connectivity index (χ3v) is 1.31. The summed E-state index contributed by atoms with van der Waals surface area (Å²) >= 11 is 0. The van der Waals surface area contributed by atoms with Gasteiger partial charge in [0.15, 0.2) is 0 Å². The van der Waals surface area contributed by atoms with E-state index in [0.717, 1.165) is 0 Å². The fourth-order valence-electron chi connectivity index (χ4n) is 0.731. The van der Waals surface area contributed by atoms with Crippen molar-refractivity contribution in [2.75, 3.05) is 7.05 Å². The van der Waals surface area contributed by atoms with Crippen LogP contribution >= 0.6 is 0 Å². The number of hydrogen-bond acceptors (Lipinski definition) is 4. The van der Waals surface area contributed by atoms with Gasteiger partial charge in [-0.25, -0.2) is 5.84 Å². The van der Waals surface area contributed by atoms with Crippen molar-refractivity contribution in [2.45, 2.75) is 53.6 Å². The van der Waals surface area contributed by atoms with Gasteiger partial charge in [0, 0.05) is 25.4 Å². The number of nitrogens with two attached hydrogens (primary N) is 2. The molecule has 0 amide bonds. The quantitative estimate of drug-likeness (QED) is 0.498. The van der Waals surface area contributed by atoms with E-state index in [2.05, 4.69) is 0 Å². The molecule has 0 radical (unpaired) electrons. The Balaban J connectivity index is -0.000000318. The summed E-state index contributed by atoms with van der Waals surface area (Å²) in [7, 11) is 1.69. The van der Waals surface area contributed by atoms with Gasteiger partial charge in [-0.05, 0) is 6.42 Å². The molecule has 0 saturated heterocycles. The van der Waals surface area contributed by atoms with Crippen LogP contribution in [0.25, 0.3) is 0 Å². The van der Waals surface area contributed by atoms with Crippen LogP contribution in [0.4, 0.5) is 0 Å². The predicted molar refractivity (Wildman–Crippen MR) is 67.8 cm³/mol. The van der Waals surface area contributed by atoms with Crippen molar-refractivity contribution in [3.05, 3.63) is 11.9 Å². The first-order chi connectivity index (χ1) is 7.06. The van der Waals surface area contributed by atoms with Gasteiger partial charge in [-0.2, -0.15) is 0 Å². The number of nitrogens with zero attached hydrogens (tertiary/aromatic N) is 1. The lowest BCUT2D eigenvalue weighted by atomic mass is 10.2. The topological polar surface area (TPSA) is 75.5 Å². The van der Waals surface area contributed by atoms with Crippen LogP contribution in [0.3, 0.4) is 0 Å². The number of aliphatic hydroxyl groups excluding tert-OH is 1. The molecule has 0 spiro atoms. The first-order valence-corrected chi connectivity index (χ1v) is 5.68. The number of aliphatic hydroxyl groups is 1. The third kappa shape index (κ3) is 19.6. The van der Waals surface area contributed by atoms with Gasteiger partial charge < -0.3 is 15.8 Å². The van der Waals surface area contributed by atoms with Gasteiger partial charge in [0.1, 0.15) is 0 Å². The molecule has 94 valence electrons. The van der Waals surface area contributed by atoms with Crippen molar-refractivity contribution < 1.29 is 5.11 Å². The molecule has 1 atom stereocenters. The lowest BCUT2D eigenvalue weighted by molar-refractivity contribution is 0.169. The van der Waals surface area contributed by atoms with Crippen molar-refractivity contribution in [1.29, 1.82) is 0 Å². The van der Waals surface area contributed by atoms with E-state index in [1.807, 2.05) is 34.6 Å². The Bertz CT molecular complexity index is 136. The molecule has 0 aromatic carbocycles. The molecule has 0 bridgehead atoms. The Labute approximate surface area is 94.9 Å². The molecular formula is C11H29N3O. The van der Waals surface area contributed by atoms with Crippen molar-refractivity contribution in [1.82, 2.24) is 5.01 Å². The highest BCUT2D eigenvalue weighted by atomic mass is 16.3. The zero-order valence-electron chi connectivity index (χ0n) is 11.1. The smallest absolute Gasteiger partial charge is 0.0592 e. The van der Waals surface area contributed by atoms with Crippen LogP contribution in [0.1, 0.15) is 47.5 Å².